The molecule has 0 bridgehead atoms. The molecule has 10 heteroatoms. The number of fused-ring (bicyclic) bond motifs is 1. The third-order valence-corrected chi connectivity index (χ3v) is 6.63. The Balaban J connectivity index is 1.66. The van der Waals surface area contributed by atoms with Crippen LogP contribution in [0.3, 0.4) is 0 Å². The molecule has 32 heavy (non-hydrogen) atoms. The van der Waals surface area contributed by atoms with Crippen LogP contribution in [0, 0.1) is 0 Å². The zero-order valence-electron chi connectivity index (χ0n) is 16.7. The molecule has 0 aliphatic carbocycles. The van der Waals surface area contributed by atoms with Crippen LogP contribution in [0.25, 0.3) is 16.6 Å². The fourth-order valence-electron chi connectivity index (χ4n) is 3.03. The Morgan fingerprint density at radius 3 is 2.69 bits per heavy atom. The molecule has 0 saturated carbocycles. The zero-order valence-corrected chi connectivity index (χ0v) is 19.1. The van der Waals surface area contributed by atoms with Gasteiger partial charge in [0.1, 0.15) is 4.88 Å². The van der Waals surface area contributed by atoms with Crippen molar-refractivity contribution in [2.24, 2.45) is 0 Å². The number of esters is 1. The first-order valence-electron chi connectivity index (χ1n) is 9.34. The highest BCUT2D eigenvalue weighted by molar-refractivity contribution is 7.99. The molecule has 0 radical (unpaired) electrons. The van der Waals surface area contributed by atoms with Crippen molar-refractivity contribution in [2.75, 3.05) is 18.2 Å². The summed E-state index contributed by atoms with van der Waals surface area (Å²) in [4.78, 5) is 42.6. The van der Waals surface area contributed by atoms with Crippen LogP contribution >= 0.6 is 34.7 Å². The van der Waals surface area contributed by atoms with Gasteiger partial charge in [-0.15, -0.1) is 11.3 Å². The molecular weight excluding hydrogens is 470 g/mol. The lowest BCUT2D eigenvalue weighted by Gasteiger charge is -2.14. The van der Waals surface area contributed by atoms with E-state index >= 15 is 0 Å². The molecule has 4 aromatic rings. The standard InChI is InChI=1S/C22H16ClN3O4S2/c1-30-21(29)19-16(10-11-31-19)24-18(27)12-32-22-25-15-8-4-2-6-13(15)20(28)26(22)17-9-5-3-7-14(17)23/h2-11H,12H2,1H3,(H,24,27). The number of thioether (sulfide) groups is 1. The van der Waals surface area contributed by atoms with E-state index in [1.54, 1.807) is 60.0 Å². The largest absolute Gasteiger partial charge is 0.465 e. The van der Waals surface area contributed by atoms with Crippen molar-refractivity contribution < 1.29 is 14.3 Å². The molecule has 4 rings (SSSR count). The molecule has 2 aromatic carbocycles. The van der Waals surface area contributed by atoms with Crippen LogP contribution in [0.1, 0.15) is 9.67 Å². The predicted octanol–water partition coefficient (Wildman–Crippen LogP) is 4.62. The number of methoxy groups -OCH3 is 1. The fourth-order valence-corrected chi connectivity index (χ4v) is 4.82. The van der Waals surface area contributed by atoms with Crippen molar-refractivity contribution in [3.05, 3.63) is 80.2 Å². The van der Waals surface area contributed by atoms with Gasteiger partial charge in [-0.1, -0.05) is 47.6 Å². The van der Waals surface area contributed by atoms with Crippen molar-refractivity contribution >= 4 is 63.2 Å². The zero-order chi connectivity index (χ0) is 22.7. The third-order valence-electron chi connectivity index (χ3n) is 4.48. The van der Waals surface area contributed by atoms with Gasteiger partial charge in [0, 0.05) is 0 Å². The van der Waals surface area contributed by atoms with E-state index in [4.69, 9.17) is 16.3 Å². The summed E-state index contributed by atoms with van der Waals surface area (Å²) in [6, 6.07) is 15.6. The number of nitrogens with zero attached hydrogens (tertiary/aromatic N) is 2. The van der Waals surface area contributed by atoms with Gasteiger partial charge in [-0.05, 0) is 35.7 Å². The highest BCUT2D eigenvalue weighted by Crippen LogP contribution is 2.27. The lowest BCUT2D eigenvalue weighted by Crippen LogP contribution is -2.23. The Bertz CT molecular complexity index is 1380. The van der Waals surface area contributed by atoms with Crippen LogP contribution < -0.4 is 10.9 Å². The first-order chi connectivity index (χ1) is 15.5. The second kappa shape index (κ2) is 9.56. The number of aromatic nitrogens is 2. The minimum absolute atomic E-state index is 0.0360. The minimum atomic E-state index is -0.522. The van der Waals surface area contributed by atoms with Gasteiger partial charge in [-0.2, -0.15) is 0 Å². The van der Waals surface area contributed by atoms with Crippen LogP contribution in [-0.4, -0.2) is 34.3 Å². The second-order valence-electron chi connectivity index (χ2n) is 6.50. The van der Waals surface area contributed by atoms with Gasteiger partial charge in [0.25, 0.3) is 5.56 Å². The minimum Gasteiger partial charge on any atom is -0.465 e. The summed E-state index contributed by atoms with van der Waals surface area (Å²) in [6.45, 7) is 0. The number of halogens is 1. The molecule has 2 aromatic heterocycles. The van der Waals surface area contributed by atoms with Crippen LogP contribution in [-0.2, 0) is 9.53 Å². The second-order valence-corrected chi connectivity index (χ2v) is 8.76. The number of carbonyl (C=O) groups is 2. The number of para-hydroxylation sites is 2. The van der Waals surface area contributed by atoms with E-state index in [0.29, 0.717) is 37.3 Å². The monoisotopic (exact) mass is 485 g/mol. The summed E-state index contributed by atoms with van der Waals surface area (Å²) in [7, 11) is 1.28. The van der Waals surface area contributed by atoms with E-state index in [2.05, 4.69) is 10.3 Å². The van der Waals surface area contributed by atoms with Crippen LogP contribution in [0.5, 0.6) is 0 Å². The van der Waals surface area contributed by atoms with E-state index < -0.39 is 5.97 Å². The van der Waals surface area contributed by atoms with Crippen molar-refractivity contribution in [1.29, 1.82) is 0 Å². The molecule has 1 amide bonds. The van der Waals surface area contributed by atoms with Gasteiger partial charge < -0.3 is 10.1 Å². The number of benzene rings is 2. The molecule has 1 N–H and O–H groups in total. The fraction of sp³-hybridized carbons (Fsp3) is 0.0909. The molecule has 0 aliphatic heterocycles. The van der Waals surface area contributed by atoms with Crippen LogP contribution in [0.4, 0.5) is 5.69 Å². The Labute approximate surface area is 196 Å². The SMILES string of the molecule is COC(=O)c1sccc1NC(=O)CSc1nc2ccccc2c(=O)n1-c1ccccc1Cl. The molecule has 0 spiro atoms. The number of anilines is 1. The van der Waals surface area contributed by atoms with E-state index in [0.717, 1.165) is 11.8 Å². The van der Waals surface area contributed by atoms with Crippen LogP contribution in [0.15, 0.2) is 69.9 Å². The molecule has 0 fully saturated rings. The summed E-state index contributed by atoms with van der Waals surface area (Å²) < 4.78 is 6.14. The first-order valence-corrected chi connectivity index (χ1v) is 11.6. The van der Waals surface area contributed by atoms with Gasteiger partial charge in [0.2, 0.25) is 5.91 Å². The highest BCUT2D eigenvalue weighted by Gasteiger charge is 2.18. The number of nitrogens with one attached hydrogen (secondary N) is 1. The number of thiophene rings is 1. The summed E-state index contributed by atoms with van der Waals surface area (Å²) in [6.07, 6.45) is 0. The number of hydrogen-bond acceptors (Lipinski definition) is 7. The molecule has 0 unspecified atom stereocenters. The molecular formula is C22H16ClN3O4S2. The Kier molecular flexibility index (Phi) is 6.59. The van der Waals surface area contributed by atoms with E-state index in [9.17, 15) is 14.4 Å². The van der Waals surface area contributed by atoms with Gasteiger partial charge in [-0.3, -0.25) is 14.2 Å². The number of rotatable bonds is 6. The maximum Gasteiger partial charge on any atom is 0.350 e. The van der Waals surface area contributed by atoms with Crippen LogP contribution in [0.2, 0.25) is 5.02 Å². The molecule has 0 atom stereocenters. The molecule has 162 valence electrons. The average molecular weight is 486 g/mol. The van der Waals surface area contributed by atoms with Crippen molar-refractivity contribution in [3.63, 3.8) is 0 Å². The van der Waals surface area contributed by atoms with Gasteiger partial charge >= 0.3 is 5.97 Å². The number of carbonyl (C=O) groups excluding carboxylic acids is 2. The highest BCUT2D eigenvalue weighted by atomic mass is 35.5. The lowest BCUT2D eigenvalue weighted by atomic mass is 10.2. The Morgan fingerprint density at radius 2 is 1.91 bits per heavy atom. The van der Waals surface area contributed by atoms with E-state index in [-0.39, 0.29) is 17.2 Å². The number of amides is 1. The molecule has 2 heterocycles. The quantitative estimate of drug-likeness (QED) is 0.243. The van der Waals surface area contributed by atoms with Gasteiger partial charge in [0.05, 0.1) is 40.2 Å². The van der Waals surface area contributed by atoms with Gasteiger partial charge in [-0.25, -0.2) is 9.78 Å². The Morgan fingerprint density at radius 1 is 1.16 bits per heavy atom. The van der Waals surface area contributed by atoms with Crippen molar-refractivity contribution in [2.45, 2.75) is 5.16 Å². The Hall–Kier alpha value is -3.14. The maximum absolute atomic E-state index is 13.3. The summed E-state index contributed by atoms with van der Waals surface area (Å²) in [5.74, 6) is -0.913. The van der Waals surface area contributed by atoms with Gasteiger partial charge in [0.15, 0.2) is 5.16 Å². The summed E-state index contributed by atoms with van der Waals surface area (Å²) in [5, 5.41) is 5.56. The first kappa shape index (κ1) is 22.1. The third kappa shape index (κ3) is 4.40. The summed E-state index contributed by atoms with van der Waals surface area (Å²) >= 11 is 8.63. The normalized spacial score (nSPS) is 10.8. The molecule has 0 saturated heterocycles. The summed E-state index contributed by atoms with van der Waals surface area (Å²) in [5.41, 5.74) is 1.10. The molecule has 0 aliphatic rings. The van der Waals surface area contributed by atoms with Crippen molar-refractivity contribution in [1.82, 2.24) is 9.55 Å². The van der Waals surface area contributed by atoms with E-state index in [1.165, 1.54) is 23.0 Å². The number of hydrogen-bond donors (Lipinski definition) is 1. The smallest absolute Gasteiger partial charge is 0.350 e. The predicted molar refractivity (Wildman–Crippen MR) is 127 cm³/mol. The topological polar surface area (TPSA) is 90.3 Å². The maximum atomic E-state index is 13.3. The van der Waals surface area contributed by atoms with Crippen molar-refractivity contribution in [3.8, 4) is 5.69 Å². The van der Waals surface area contributed by atoms with E-state index in [1.807, 2.05) is 0 Å². The molecule has 7 nitrogen and oxygen atoms in total. The average Bonchev–Trinajstić information content (AvgIpc) is 3.26. The lowest BCUT2D eigenvalue weighted by molar-refractivity contribution is -0.113. The number of ether oxygens (including phenoxy) is 1.